The fourth-order valence-corrected chi connectivity index (χ4v) is 2.91. The third-order valence-electron chi connectivity index (χ3n) is 4.13. The second-order valence-electron chi connectivity index (χ2n) is 5.66. The van der Waals surface area contributed by atoms with Crippen LogP contribution in [0.2, 0.25) is 0 Å². The van der Waals surface area contributed by atoms with Crippen molar-refractivity contribution in [2.75, 3.05) is 6.54 Å². The lowest BCUT2D eigenvalue weighted by Crippen LogP contribution is -2.18. The minimum Gasteiger partial charge on any atom is -0.348 e. The van der Waals surface area contributed by atoms with Crippen LogP contribution in [-0.4, -0.2) is 11.1 Å². The van der Waals surface area contributed by atoms with Gasteiger partial charge in [0, 0.05) is 29.6 Å². The Bertz CT molecular complexity index is 564. The maximum Gasteiger partial charge on any atom is 0.0482 e. The highest BCUT2D eigenvalue weighted by Crippen LogP contribution is 2.35. The molecular weight excluding hydrogens is 220 g/mol. The van der Waals surface area contributed by atoms with E-state index in [9.17, 15) is 0 Å². The van der Waals surface area contributed by atoms with Gasteiger partial charge in [0.25, 0.3) is 0 Å². The van der Waals surface area contributed by atoms with Crippen molar-refractivity contribution < 1.29 is 0 Å². The van der Waals surface area contributed by atoms with Crippen molar-refractivity contribution in [1.82, 2.24) is 4.57 Å². The molecule has 0 aliphatic heterocycles. The topological polar surface area (TPSA) is 30.9 Å². The summed E-state index contributed by atoms with van der Waals surface area (Å²) in [7, 11) is 2.14. The summed E-state index contributed by atoms with van der Waals surface area (Å²) >= 11 is 0. The van der Waals surface area contributed by atoms with Gasteiger partial charge in [0.15, 0.2) is 0 Å². The van der Waals surface area contributed by atoms with Crippen molar-refractivity contribution in [2.45, 2.75) is 33.6 Å². The first-order valence-corrected chi connectivity index (χ1v) is 6.73. The van der Waals surface area contributed by atoms with Crippen LogP contribution in [0.25, 0.3) is 10.9 Å². The molecule has 0 saturated heterocycles. The van der Waals surface area contributed by atoms with Crippen molar-refractivity contribution in [3.63, 3.8) is 0 Å². The van der Waals surface area contributed by atoms with Gasteiger partial charge in [-0.15, -0.1) is 0 Å². The van der Waals surface area contributed by atoms with E-state index < -0.39 is 0 Å². The lowest BCUT2D eigenvalue weighted by Gasteiger charge is -2.20. The predicted molar refractivity (Wildman–Crippen MR) is 79.0 cm³/mol. The SMILES string of the molecule is Cc1ccc2c(c1)c(C(CN)C(C)C)c(C)n2C. The van der Waals surface area contributed by atoms with E-state index in [1.54, 1.807) is 0 Å². The number of nitrogens with two attached hydrogens (primary N) is 1. The van der Waals surface area contributed by atoms with Crippen molar-refractivity contribution in [1.29, 1.82) is 0 Å². The van der Waals surface area contributed by atoms with Crippen molar-refractivity contribution in [2.24, 2.45) is 18.7 Å². The first kappa shape index (κ1) is 13.2. The molecule has 2 aromatic rings. The first-order valence-electron chi connectivity index (χ1n) is 6.73. The van der Waals surface area contributed by atoms with Crippen molar-refractivity contribution >= 4 is 10.9 Å². The highest BCUT2D eigenvalue weighted by molar-refractivity contribution is 5.86. The summed E-state index contributed by atoms with van der Waals surface area (Å²) in [5.41, 5.74) is 11.4. The molecule has 18 heavy (non-hydrogen) atoms. The quantitative estimate of drug-likeness (QED) is 0.880. The predicted octanol–water partition coefficient (Wildman–Crippen LogP) is 3.49. The maximum absolute atomic E-state index is 6.00. The van der Waals surface area contributed by atoms with Gasteiger partial charge in [0.1, 0.15) is 0 Å². The van der Waals surface area contributed by atoms with Crippen LogP contribution < -0.4 is 5.73 Å². The molecule has 0 aliphatic carbocycles. The number of hydrogen-bond donors (Lipinski definition) is 1. The Morgan fingerprint density at radius 1 is 1.22 bits per heavy atom. The van der Waals surface area contributed by atoms with E-state index >= 15 is 0 Å². The lowest BCUT2D eigenvalue weighted by molar-refractivity contribution is 0.506. The Morgan fingerprint density at radius 2 is 1.89 bits per heavy atom. The van der Waals surface area contributed by atoms with E-state index in [0.717, 1.165) is 0 Å². The Morgan fingerprint density at radius 3 is 2.44 bits per heavy atom. The van der Waals surface area contributed by atoms with Gasteiger partial charge in [-0.25, -0.2) is 0 Å². The fourth-order valence-electron chi connectivity index (χ4n) is 2.91. The molecule has 2 N–H and O–H groups in total. The van der Waals surface area contributed by atoms with Gasteiger partial charge in [-0.2, -0.15) is 0 Å². The largest absolute Gasteiger partial charge is 0.348 e. The van der Waals surface area contributed by atoms with E-state index in [0.29, 0.717) is 18.4 Å². The molecular formula is C16H24N2. The third-order valence-corrected chi connectivity index (χ3v) is 4.13. The van der Waals surface area contributed by atoms with Crippen LogP contribution >= 0.6 is 0 Å². The molecule has 0 bridgehead atoms. The van der Waals surface area contributed by atoms with Crippen LogP contribution in [0, 0.1) is 19.8 Å². The number of benzene rings is 1. The van der Waals surface area contributed by atoms with Gasteiger partial charge in [-0.1, -0.05) is 25.5 Å². The lowest BCUT2D eigenvalue weighted by atomic mass is 9.86. The third kappa shape index (κ3) is 1.95. The van der Waals surface area contributed by atoms with E-state index in [1.165, 1.54) is 27.7 Å². The molecule has 1 heterocycles. The molecule has 98 valence electrons. The summed E-state index contributed by atoms with van der Waals surface area (Å²) in [5, 5.41) is 1.37. The number of aromatic nitrogens is 1. The van der Waals surface area contributed by atoms with Crippen LogP contribution in [0.5, 0.6) is 0 Å². The molecule has 1 atom stereocenters. The van der Waals surface area contributed by atoms with Crippen molar-refractivity contribution in [3.8, 4) is 0 Å². The second-order valence-corrected chi connectivity index (χ2v) is 5.66. The molecule has 2 nitrogen and oxygen atoms in total. The summed E-state index contributed by atoms with van der Waals surface area (Å²) in [5.74, 6) is 1.01. The van der Waals surface area contributed by atoms with Gasteiger partial charge in [0.05, 0.1) is 0 Å². The summed E-state index contributed by atoms with van der Waals surface area (Å²) in [6.45, 7) is 9.58. The van der Waals surface area contributed by atoms with Gasteiger partial charge < -0.3 is 10.3 Å². The summed E-state index contributed by atoms with van der Waals surface area (Å²) in [6, 6.07) is 6.69. The first-order chi connectivity index (χ1) is 8.47. The van der Waals surface area contributed by atoms with Crippen LogP contribution in [0.4, 0.5) is 0 Å². The number of hydrogen-bond acceptors (Lipinski definition) is 1. The van der Waals surface area contributed by atoms with Crippen LogP contribution in [0.1, 0.15) is 36.6 Å². The Balaban J connectivity index is 2.76. The number of rotatable bonds is 3. The van der Waals surface area contributed by atoms with Gasteiger partial charge in [-0.05, 0) is 44.0 Å². The zero-order chi connectivity index (χ0) is 13.4. The molecule has 2 heteroatoms. The molecule has 2 rings (SSSR count). The standard InChI is InChI=1S/C16H24N2/c1-10(2)14(9-17)16-12(4)18(5)15-7-6-11(3)8-13(15)16/h6-8,10,14H,9,17H2,1-5H3. The summed E-state index contributed by atoms with van der Waals surface area (Å²) in [6.07, 6.45) is 0. The minimum atomic E-state index is 0.440. The summed E-state index contributed by atoms with van der Waals surface area (Å²) < 4.78 is 2.29. The van der Waals surface area contributed by atoms with Gasteiger partial charge >= 0.3 is 0 Å². The van der Waals surface area contributed by atoms with E-state index in [4.69, 9.17) is 5.73 Å². The zero-order valence-corrected chi connectivity index (χ0v) is 12.1. The summed E-state index contributed by atoms with van der Waals surface area (Å²) in [4.78, 5) is 0. The molecule has 0 saturated carbocycles. The fraction of sp³-hybridized carbons (Fsp3) is 0.500. The average Bonchev–Trinajstić information content (AvgIpc) is 2.54. The van der Waals surface area contributed by atoms with Crippen molar-refractivity contribution in [3.05, 3.63) is 35.0 Å². The van der Waals surface area contributed by atoms with Crippen LogP contribution in [-0.2, 0) is 7.05 Å². The van der Waals surface area contributed by atoms with E-state index in [-0.39, 0.29) is 0 Å². The monoisotopic (exact) mass is 244 g/mol. The van der Waals surface area contributed by atoms with E-state index in [1.807, 2.05) is 0 Å². The van der Waals surface area contributed by atoms with E-state index in [2.05, 4.69) is 57.5 Å². The van der Waals surface area contributed by atoms with Crippen LogP contribution in [0.3, 0.4) is 0 Å². The molecule has 1 aromatic carbocycles. The smallest absolute Gasteiger partial charge is 0.0482 e. The highest BCUT2D eigenvalue weighted by atomic mass is 14.9. The van der Waals surface area contributed by atoms with Gasteiger partial charge in [0.2, 0.25) is 0 Å². The highest BCUT2D eigenvalue weighted by Gasteiger charge is 2.22. The number of fused-ring (bicyclic) bond motifs is 1. The molecule has 1 aromatic heterocycles. The Kier molecular flexibility index (Phi) is 3.49. The second kappa shape index (κ2) is 4.77. The average molecular weight is 244 g/mol. The number of aryl methyl sites for hydroxylation is 2. The molecule has 0 amide bonds. The zero-order valence-electron chi connectivity index (χ0n) is 12.1. The Labute approximate surface area is 110 Å². The van der Waals surface area contributed by atoms with Crippen LogP contribution in [0.15, 0.2) is 18.2 Å². The number of nitrogens with zero attached hydrogens (tertiary/aromatic N) is 1. The molecule has 0 radical (unpaired) electrons. The maximum atomic E-state index is 6.00. The molecule has 0 aliphatic rings. The molecule has 0 spiro atoms. The minimum absolute atomic E-state index is 0.440. The molecule has 0 fully saturated rings. The van der Waals surface area contributed by atoms with Gasteiger partial charge in [-0.3, -0.25) is 0 Å². The normalized spacial score (nSPS) is 13.5. The molecule has 1 unspecified atom stereocenters. The Hall–Kier alpha value is -1.28.